The molecule has 0 spiro atoms. The zero-order valence-corrected chi connectivity index (χ0v) is 16.3. The molecular formula is C17H16ClN3O3S2. The smallest absolute Gasteiger partial charge is 0.306 e. The maximum atomic E-state index is 11.2. The molecule has 0 radical (unpaired) electrons. The summed E-state index contributed by atoms with van der Waals surface area (Å²) in [5.41, 5.74) is 2.31. The van der Waals surface area contributed by atoms with E-state index in [-0.39, 0.29) is 10.8 Å². The van der Waals surface area contributed by atoms with Gasteiger partial charge in [-0.2, -0.15) is 13.5 Å². The van der Waals surface area contributed by atoms with Crippen LogP contribution in [0.15, 0.2) is 60.0 Å². The van der Waals surface area contributed by atoms with Crippen LogP contribution >= 0.6 is 23.4 Å². The Morgan fingerprint density at radius 1 is 1.19 bits per heavy atom. The second-order valence-electron chi connectivity index (χ2n) is 5.58. The first kappa shape index (κ1) is 18.8. The quantitative estimate of drug-likeness (QED) is 0.438. The fourth-order valence-electron chi connectivity index (χ4n) is 2.29. The standard InChI is InChI=1S/C17H16ClN3O3S2/c1-26(22,23)24-17-6-5-15(8-16(17)18)25-10-14-4-2-3-13(7-14)9-21-12-19-11-20-21/h2-8,11-12H,9-10H2,1H3. The largest absolute Gasteiger partial charge is 0.381 e. The van der Waals surface area contributed by atoms with Gasteiger partial charge in [-0.25, -0.2) is 9.67 Å². The predicted molar refractivity (Wildman–Crippen MR) is 102 cm³/mol. The molecular weight excluding hydrogens is 394 g/mol. The summed E-state index contributed by atoms with van der Waals surface area (Å²) in [4.78, 5) is 4.87. The van der Waals surface area contributed by atoms with Crippen LogP contribution in [-0.4, -0.2) is 29.4 Å². The molecule has 6 nitrogen and oxygen atoms in total. The van der Waals surface area contributed by atoms with Crippen molar-refractivity contribution in [2.24, 2.45) is 0 Å². The number of aromatic nitrogens is 3. The Bertz CT molecular complexity index is 992. The molecule has 2 aromatic carbocycles. The molecule has 0 aliphatic carbocycles. The van der Waals surface area contributed by atoms with Crippen molar-refractivity contribution in [1.29, 1.82) is 0 Å². The van der Waals surface area contributed by atoms with Gasteiger partial charge in [0, 0.05) is 10.6 Å². The average Bonchev–Trinajstić information content (AvgIpc) is 3.07. The van der Waals surface area contributed by atoms with E-state index >= 15 is 0 Å². The minimum atomic E-state index is -3.60. The first-order chi connectivity index (χ1) is 12.4. The highest BCUT2D eigenvalue weighted by molar-refractivity contribution is 7.98. The third-order valence-corrected chi connectivity index (χ3v) is 5.20. The maximum absolute atomic E-state index is 11.2. The first-order valence-corrected chi connectivity index (χ1v) is 10.8. The van der Waals surface area contributed by atoms with Gasteiger partial charge in [0.2, 0.25) is 0 Å². The van der Waals surface area contributed by atoms with Gasteiger partial charge >= 0.3 is 10.1 Å². The Morgan fingerprint density at radius 3 is 2.69 bits per heavy atom. The second kappa shape index (κ2) is 8.11. The topological polar surface area (TPSA) is 74.1 Å². The lowest BCUT2D eigenvalue weighted by Crippen LogP contribution is -2.05. The van der Waals surface area contributed by atoms with E-state index < -0.39 is 10.1 Å². The minimum Gasteiger partial charge on any atom is -0.381 e. The van der Waals surface area contributed by atoms with E-state index in [1.807, 2.05) is 12.1 Å². The van der Waals surface area contributed by atoms with Crippen molar-refractivity contribution in [3.8, 4) is 5.75 Å². The number of hydrogen-bond donors (Lipinski definition) is 0. The lowest BCUT2D eigenvalue weighted by Gasteiger charge is -2.08. The molecule has 26 heavy (non-hydrogen) atoms. The van der Waals surface area contributed by atoms with Gasteiger partial charge in [-0.15, -0.1) is 11.8 Å². The van der Waals surface area contributed by atoms with Gasteiger partial charge in [-0.05, 0) is 29.3 Å². The summed E-state index contributed by atoms with van der Waals surface area (Å²) in [6.07, 6.45) is 4.18. The Hall–Kier alpha value is -2.03. The van der Waals surface area contributed by atoms with Crippen LogP contribution in [0.25, 0.3) is 0 Å². The van der Waals surface area contributed by atoms with Crippen LogP contribution in [0.5, 0.6) is 5.75 Å². The molecule has 0 saturated carbocycles. The van der Waals surface area contributed by atoms with E-state index in [9.17, 15) is 8.42 Å². The van der Waals surface area contributed by atoms with Crippen molar-refractivity contribution >= 4 is 33.5 Å². The lowest BCUT2D eigenvalue weighted by molar-refractivity contribution is 0.493. The molecule has 3 aromatic rings. The molecule has 0 fully saturated rings. The van der Waals surface area contributed by atoms with Gasteiger partial charge in [0.25, 0.3) is 0 Å². The van der Waals surface area contributed by atoms with Crippen LogP contribution in [0.4, 0.5) is 0 Å². The lowest BCUT2D eigenvalue weighted by atomic mass is 10.1. The Morgan fingerprint density at radius 2 is 2.00 bits per heavy atom. The number of hydrogen-bond acceptors (Lipinski definition) is 6. The van der Waals surface area contributed by atoms with E-state index in [0.29, 0.717) is 6.54 Å². The van der Waals surface area contributed by atoms with Crippen molar-refractivity contribution in [2.45, 2.75) is 17.2 Å². The van der Waals surface area contributed by atoms with Gasteiger partial charge in [0.1, 0.15) is 12.7 Å². The van der Waals surface area contributed by atoms with E-state index in [4.69, 9.17) is 15.8 Å². The summed E-state index contributed by atoms with van der Waals surface area (Å²) in [6.45, 7) is 0.669. The second-order valence-corrected chi connectivity index (χ2v) is 8.61. The molecule has 0 amide bonds. The van der Waals surface area contributed by atoms with Crippen LogP contribution in [-0.2, 0) is 22.4 Å². The highest BCUT2D eigenvalue weighted by atomic mass is 35.5. The highest BCUT2D eigenvalue weighted by Crippen LogP contribution is 2.32. The van der Waals surface area contributed by atoms with E-state index in [1.54, 1.807) is 41.0 Å². The Labute approximate surface area is 161 Å². The number of benzene rings is 2. The number of rotatable bonds is 7. The van der Waals surface area contributed by atoms with Crippen LogP contribution in [0.2, 0.25) is 5.02 Å². The van der Waals surface area contributed by atoms with Gasteiger partial charge in [-0.3, -0.25) is 0 Å². The van der Waals surface area contributed by atoms with Crippen LogP contribution in [0, 0.1) is 0 Å². The zero-order valence-electron chi connectivity index (χ0n) is 13.9. The molecule has 136 valence electrons. The van der Waals surface area contributed by atoms with Crippen molar-refractivity contribution in [1.82, 2.24) is 14.8 Å². The van der Waals surface area contributed by atoms with Crippen molar-refractivity contribution < 1.29 is 12.6 Å². The Kier molecular flexibility index (Phi) is 5.85. The average molecular weight is 410 g/mol. The molecule has 3 rings (SSSR count). The third-order valence-electron chi connectivity index (χ3n) is 3.35. The SMILES string of the molecule is CS(=O)(=O)Oc1ccc(SCc2cccc(Cn3cncn3)c2)cc1Cl. The molecule has 0 aliphatic rings. The molecule has 9 heteroatoms. The molecule has 0 saturated heterocycles. The summed E-state index contributed by atoms with van der Waals surface area (Å²) in [6, 6.07) is 13.3. The molecule has 1 heterocycles. The number of nitrogens with zero attached hydrogens (tertiary/aromatic N) is 3. The predicted octanol–water partition coefficient (Wildman–Crippen LogP) is 3.61. The van der Waals surface area contributed by atoms with Crippen LogP contribution in [0.1, 0.15) is 11.1 Å². The van der Waals surface area contributed by atoms with Gasteiger partial charge in [0.15, 0.2) is 5.75 Å². The maximum Gasteiger partial charge on any atom is 0.306 e. The number of halogens is 1. The summed E-state index contributed by atoms with van der Waals surface area (Å²) in [7, 11) is -3.60. The third kappa shape index (κ3) is 5.48. The van der Waals surface area contributed by atoms with Crippen molar-refractivity contribution in [2.75, 3.05) is 6.26 Å². The summed E-state index contributed by atoms with van der Waals surface area (Å²) < 4.78 is 29.0. The fourth-order valence-corrected chi connectivity index (χ4v) is 3.97. The normalized spacial score (nSPS) is 11.5. The van der Waals surface area contributed by atoms with Crippen LogP contribution in [0.3, 0.4) is 0 Å². The van der Waals surface area contributed by atoms with Gasteiger partial charge in [0.05, 0.1) is 17.8 Å². The minimum absolute atomic E-state index is 0.133. The monoisotopic (exact) mass is 409 g/mol. The molecule has 1 aromatic heterocycles. The molecule has 0 unspecified atom stereocenters. The summed E-state index contributed by atoms with van der Waals surface area (Å²) in [5, 5.41) is 4.37. The van der Waals surface area contributed by atoms with E-state index in [2.05, 4.69) is 22.2 Å². The van der Waals surface area contributed by atoms with Crippen LogP contribution < -0.4 is 4.18 Å². The first-order valence-electron chi connectivity index (χ1n) is 7.61. The van der Waals surface area contributed by atoms with E-state index in [1.165, 1.54) is 11.9 Å². The molecule has 0 aliphatic heterocycles. The van der Waals surface area contributed by atoms with Crippen molar-refractivity contribution in [3.05, 3.63) is 71.3 Å². The Balaban J connectivity index is 1.64. The zero-order chi connectivity index (χ0) is 18.6. The molecule has 0 bridgehead atoms. The van der Waals surface area contributed by atoms with Crippen molar-refractivity contribution in [3.63, 3.8) is 0 Å². The molecule has 0 N–H and O–H groups in total. The molecule has 0 atom stereocenters. The van der Waals surface area contributed by atoms with Gasteiger partial charge in [-0.1, -0.05) is 35.9 Å². The number of thioether (sulfide) groups is 1. The van der Waals surface area contributed by atoms with Gasteiger partial charge < -0.3 is 4.18 Å². The van der Waals surface area contributed by atoms with E-state index in [0.717, 1.165) is 22.5 Å². The summed E-state index contributed by atoms with van der Waals surface area (Å²) in [5.74, 6) is 0.890. The highest BCUT2D eigenvalue weighted by Gasteiger charge is 2.10. The fraction of sp³-hybridized carbons (Fsp3) is 0.176. The summed E-state index contributed by atoms with van der Waals surface area (Å²) >= 11 is 7.71.